The smallest absolute Gasteiger partial charge is 0.407 e. The summed E-state index contributed by atoms with van der Waals surface area (Å²) in [6.45, 7) is 1.62. The Morgan fingerprint density at radius 1 is 1.44 bits per heavy atom. The Kier molecular flexibility index (Phi) is 1.94. The number of hydrogen-bond acceptors (Lipinski definition) is 2. The van der Waals surface area contributed by atoms with Crippen LogP contribution in [0.15, 0.2) is 24.3 Å². The van der Waals surface area contributed by atoms with Gasteiger partial charge in [-0.2, -0.15) is 0 Å². The third-order valence-electron chi connectivity index (χ3n) is 3.51. The Balaban J connectivity index is 1.95. The highest BCUT2D eigenvalue weighted by Crippen LogP contribution is 2.43. The molecule has 1 unspecified atom stereocenters. The highest BCUT2D eigenvalue weighted by atomic mass is 16.5. The van der Waals surface area contributed by atoms with Crippen molar-refractivity contribution < 1.29 is 14.6 Å². The van der Waals surface area contributed by atoms with Crippen LogP contribution in [0.1, 0.15) is 17.5 Å². The van der Waals surface area contributed by atoms with Crippen molar-refractivity contribution in [1.82, 2.24) is 4.90 Å². The minimum absolute atomic E-state index is 0.380. The molecular formula is C12H13NO3. The maximum absolute atomic E-state index is 10.9. The van der Waals surface area contributed by atoms with Crippen molar-refractivity contribution in [1.29, 1.82) is 0 Å². The third kappa shape index (κ3) is 1.23. The first kappa shape index (κ1) is 9.66. The molecule has 0 saturated carbocycles. The molecule has 1 aromatic rings. The zero-order chi connectivity index (χ0) is 11.2. The Morgan fingerprint density at radius 3 is 3.00 bits per heavy atom. The Labute approximate surface area is 93.4 Å². The molecule has 0 aliphatic carbocycles. The lowest BCUT2D eigenvalue weighted by molar-refractivity contribution is -0.0284. The second-order valence-corrected chi connectivity index (χ2v) is 4.39. The van der Waals surface area contributed by atoms with E-state index in [1.807, 2.05) is 24.3 Å². The summed E-state index contributed by atoms with van der Waals surface area (Å²) in [5, 5.41) is 8.98. The molecule has 1 spiro atoms. The Hall–Kier alpha value is -1.55. The zero-order valence-electron chi connectivity index (χ0n) is 8.85. The monoisotopic (exact) mass is 219 g/mol. The first-order valence-corrected chi connectivity index (χ1v) is 5.41. The van der Waals surface area contributed by atoms with Gasteiger partial charge in [-0.25, -0.2) is 4.79 Å². The lowest BCUT2D eigenvalue weighted by Gasteiger charge is -2.23. The molecule has 1 aromatic carbocycles. The van der Waals surface area contributed by atoms with Gasteiger partial charge in [0.1, 0.15) is 5.60 Å². The van der Waals surface area contributed by atoms with Crippen LogP contribution in [-0.4, -0.2) is 29.2 Å². The van der Waals surface area contributed by atoms with Gasteiger partial charge in [0.05, 0.1) is 13.2 Å². The summed E-state index contributed by atoms with van der Waals surface area (Å²) in [6, 6.07) is 8.07. The van der Waals surface area contributed by atoms with E-state index < -0.39 is 6.09 Å². The first-order chi connectivity index (χ1) is 7.71. The number of carbonyl (C=O) groups is 1. The number of carboxylic acid groups (broad SMARTS) is 1. The molecule has 84 valence electrons. The quantitative estimate of drug-likeness (QED) is 0.723. The van der Waals surface area contributed by atoms with E-state index in [2.05, 4.69) is 0 Å². The van der Waals surface area contributed by atoms with Gasteiger partial charge in [-0.3, -0.25) is 0 Å². The highest BCUT2D eigenvalue weighted by molar-refractivity contribution is 5.66. The molecule has 4 heteroatoms. The summed E-state index contributed by atoms with van der Waals surface area (Å²) in [7, 11) is 0. The maximum atomic E-state index is 10.9. The van der Waals surface area contributed by atoms with Crippen LogP contribution in [0.3, 0.4) is 0 Å². The molecule has 0 radical (unpaired) electrons. The average Bonchev–Trinajstić information content (AvgIpc) is 2.87. The van der Waals surface area contributed by atoms with E-state index >= 15 is 0 Å². The minimum Gasteiger partial charge on any atom is -0.465 e. The normalized spacial score (nSPS) is 27.4. The summed E-state index contributed by atoms with van der Waals surface area (Å²) in [5.41, 5.74) is 1.98. The molecule has 1 amide bonds. The van der Waals surface area contributed by atoms with E-state index in [4.69, 9.17) is 9.84 Å². The molecule has 2 heterocycles. The summed E-state index contributed by atoms with van der Waals surface area (Å²) >= 11 is 0. The summed E-state index contributed by atoms with van der Waals surface area (Å²) in [5.74, 6) is 0. The molecule has 1 fully saturated rings. The van der Waals surface area contributed by atoms with Crippen molar-refractivity contribution in [3.8, 4) is 0 Å². The maximum Gasteiger partial charge on any atom is 0.407 e. The second kappa shape index (κ2) is 3.22. The van der Waals surface area contributed by atoms with Crippen molar-refractivity contribution in [3.63, 3.8) is 0 Å². The largest absolute Gasteiger partial charge is 0.465 e. The Morgan fingerprint density at radius 2 is 2.25 bits per heavy atom. The van der Waals surface area contributed by atoms with Gasteiger partial charge in [-0.15, -0.1) is 0 Å². The fourth-order valence-corrected chi connectivity index (χ4v) is 2.67. The first-order valence-electron chi connectivity index (χ1n) is 5.41. The number of benzene rings is 1. The Bertz CT molecular complexity index is 446. The molecule has 4 nitrogen and oxygen atoms in total. The molecular weight excluding hydrogens is 206 g/mol. The van der Waals surface area contributed by atoms with Crippen molar-refractivity contribution in [2.45, 2.75) is 18.6 Å². The van der Waals surface area contributed by atoms with Gasteiger partial charge in [0, 0.05) is 13.0 Å². The van der Waals surface area contributed by atoms with Gasteiger partial charge in [0.15, 0.2) is 0 Å². The second-order valence-electron chi connectivity index (χ2n) is 4.39. The molecule has 3 rings (SSSR count). The topological polar surface area (TPSA) is 49.8 Å². The summed E-state index contributed by atoms with van der Waals surface area (Å²) in [6.07, 6.45) is -0.0964. The van der Waals surface area contributed by atoms with E-state index in [1.165, 1.54) is 16.0 Å². The van der Waals surface area contributed by atoms with Gasteiger partial charge in [0.25, 0.3) is 0 Å². The van der Waals surface area contributed by atoms with Gasteiger partial charge >= 0.3 is 6.09 Å². The van der Waals surface area contributed by atoms with Gasteiger partial charge in [-0.05, 0) is 11.1 Å². The van der Waals surface area contributed by atoms with Gasteiger partial charge < -0.3 is 14.7 Å². The van der Waals surface area contributed by atoms with Crippen LogP contribution in [0, 0.1) is 0 Å². The lowest BCUT2D eigenvalue weighted by atomic mass is 9.92. The average molecular weight is 219 g/mol. The number of ether oxygens (including phenoxy) is 1. The fourth-order valence-electron chi connectivity index (χ4n) is 2.67. The number of hydrogen-bond donors (Lipinski definition) is 1. The SMILES string of the molecule is O=C(O)N1CCC2(C1)OCc1ccccc12. The predicted octanol–water partition coefficient (Wildman–Crippen LogP) is 1.80. The third-order valence-corrected chi connectivity index (χ3v) is 3.51. The number of amides is 1. The summed E-state index contributed by atoms with van der Waals surface area (Å²) < 4.78 is 5.85. The van der Waals surface area contributed by atoms with Crippen molar-refractivity contribution in [3.05, 3.63) is 35.4 Å². The van der Waals surface area contributed by atoms with Crippen LogP contribution in [-0.2, 0) is 16.9 Å². The van der Waals surface area contributed by atoms with Gasteiger partial charge in [-0.1, -0.05) is 24.3 Å². The van der Waals surface area contributed by atoms with E-state index in [0.717, 1.165) is 6.42 Å². The van der Waals surface area contributed by atoms with Crippen LogP contribution in [0.25, 0.3) is 0 Å². The minimum atomic E-state index is -0.857. The molecule has 16 heavy (non-hydrogen) atoms. The summed E-state index contributed by atoms with van der Waals surface area (Å²) in [4.78, 5) is 12.4. The van der Waals surface area contributed by atoms with E-state index in [9.17, 15) is 4.79 Å². The molecule has 0 bridgehead atoms. The molecule has 1 saturated heterocycles. The van der Waals surface area contributed by atoms with Crippen LogP contribution < -0.4 is 0 Å². The lowest BCUT2D eigenvalue weighted by Crippen LogP contribution is -2.33. The van der Waals surface area contributed by atoms with Gasteiger partial charge in [0.2, 0.25) is 0 Å². The highest BCUT2D eigenvalue weighted by Gasteiger charge is 2.46. The van der Waals surface area contributed by atoms with Crippen LogP contribution in [0.4, 0.5) is 4.79 Å². The van der Waals surface area contributed by atoms with Crippen molar-refractivity contribution in [2.24, 2.45) is 0 Å². The van der Waals surface area contributed by atoms with Crippen LogP contribution in [0.5, 0.6) is 0 Å². The molecule has 2 aliphatic rings. The van der Waals surface area contributed by atoms with E-state index in [-0.39, 0.29) is 5.60 Å². The van der Waals surface area contributed by atoms with Crippen molar-refractivity contribution >= 4 is 6.09 Å². The number of likely N-dealkylation sites (tertiary alicyclic amines) is 1. The number of rotatable bonds is 0. The number of nitrogens with zero attached hydrogens (tertiary/aromatic N) is 1. The molecule has 1 atom stereocenters. The van der Waals surface area contributed by atoms with E-state index in [1.54, 1.807) is 0 Å². The molecule has 2 aliphatic heterocycles. The van der Waals surface area contributed by atoms with Crippen LogP contribution in [0.2, 0.25) is 0 Å². The number of fused-ring (bicyclic) bond motifs is 2. The fraction of sp³-hybridized carbons (Fsp3) is 0.417. The standard InChI is InChI=1S/C12H13NO3/c14-11(15)13-6-5-12(8-13)10-4-2-1-3-9(10)7-16-12/h1-4H,5-8H2,(H,14,15). The van der Waals surface area contributed by atoms with E-state index in [0.29, 0.717) is 19.7 Å². The van der Waals surface area contributed by atoms with Crippen LogP contribution >= 0.6 is 0 Å². The zero-order valence-corrected chi connectivity index (χ0v) is 8.85. The molecule has 0 aromatic heterocycles. The predicted molar refractivity (Wildman–Crippen MR) is 57.1 cm³/mol. The van der Waals surface area contributed by atoms with Crippen molar-refractivity contribution in [2.75, 3.05) is 13.1 Å². The molecule has 1 N–H and O–H groups in total.